The lowest BCUT2D eigenvalue weighted by Gasteiger charge is -2.13. The Balaban J connectivity index is 3.89. The molecule has 5 heteroatoms. The molecule has 2 N–H and O–H groups in total. The van der Waals surface area contributed by atoms with E-state index in [-0.39, 0.29) is 12.5 Å². The first-order valence-corrected chi connectivity index (χ1v) is 5.06. The summed E-state index contributed by atoms with van der Waals surface area (Å²) in [6.45, 7) is 4.41. The molecule has 0 radical (unpaired) electrons. The minimum Gasteiger partial charge on any atom is -0.481 e. The molecule has 5 nitrogen and oxygen atoms in total. The number of hydrogen-bond acceptors (Lipinski definition) is 3. The molecular formula is C10H18O5. The molecule has 0 spiro atoms. The minimum absolute atomic E-state index is 0.0915. The predicted octanol–water partition coefficient (Wildman–Crippen LogP) is 1.37. The van der Waals surface area contributed by atoms with Crippen molar-refractivity contribution in [2.75, 3.05) is 6.61 Å². The van der Waals surface area contributed by atoms with Gasteiger partial charge in [0.2, 0.25) is 0 Å². The largest absolute Gasteiger partial charge is 0.481 e. The Bertz CT molecular complexity index is 200. The lowest BCUT2D eigenvalue weighted by Crippen LogP contribution is -2.25. The molecular weight excluding hydrogens is 200 g/mol. The van der Waals surface area contributed by atoms with E-state index in [0.717, 1.165) is 6.42 Å². The molecule has 0 saturated carbocycles. The number of hydrogen-bond donors (Lipinski definition) is 2. The van der Waals surface area contributed by atoms with E-state index in [1.807, 2.05) is 13.8 Å². The quantitative estimate of drug-likeness (QED) is 0.601. The summed E-state index contributed by atoms with van der Waals surface area (Å²) in [4.78, 5) is 21.1. The van der Waals surface area contributed by atoms with Crippen LogP contribution in [0, 0.1) is 5.92 Å². The normalized spacial score (nSPS) is 12.7. The highest BCUT2D eigenvalue weighted by atomic mass is 16.5. The maximum atomic E-state index is 10.5. The van der Waals surface area contributed by atoms with Gasteiger partial charge in [0.05, 0.1) is 6.10 Å². The monoisotopic (exact) mass is 218 g/mol. The molecule has 0 saturated heterocycles. The van der Waals surface area contributed by atoms with Gasteiger partial charge < -0.3 is 14.9 Å². The molecule has 0 aromatic rings. The van der Waals surface area contributed by atoms with Crippen LogP contribution >= 0.6 is 0 Å². The average Bonchev–Trinajstić information content (AvgIpc) is 2.13. The van der Waals surface area contributed by atoms with Gasteiger partial charge in [-0.1, -0.05) is 6.92 Å². The van der Waals surface area contributed by atoms with Gasteiger partial charge >= 0.3 is 11.9 Å². The first-order chi connectivity index (χ1) is 6.99. The van der Waals surface area contributed by atoms with Crippen LogP contribution < -0.4 is 0 Å². The van der Waals surface area contributed by atoms with E-state index in [2.05, 4.69) is 0 Å². The van der Waals surface area contributed by atoms with Crippen LogP contribution in [0.15, 0.2) is 0 Å². The molecule has 1 unspecified atom stereocenters. The summed E-state index contributed by atoms with van der Waals surface area (Å²) in [5.41, 5.74) is 0. The van der Waals surface area contributed by atoms with Gasteiger partial charge in [0.25, 0.3) is 0 Å². The SMILES string of the molecule is CCCOC(C)CCC(C(=O)O)C(=O)O. The van der Waals surface area contributed by atoms with Crippen molar-refractivity contribution in [1.82, 2.24) is 0 Å². The summed E-state index contributed by atoms with van der Waals surface area (Å²) in [5, 5.41) is 17.2. The fourth-order valence-corrected chi connectivity index (χ4v) is 1.16. The molecule has 0 bridgehead atoms. The third-order valence-corrected chi connectivity index (χ3v) is 2.06. The van der Waals surface area contributed by atoms with Crippen LogP contribution in [0.25, 0.3) is 0 Å². The molecule has 0 aromatic heterocycles. The first kappa shape index (κ1) is 13.9. The van der Waals surface area contributed by atoms with Crippen molar-refractivity contribution in [3.63, 3.8) is 0 Å². The van der Waals surface area contributed by atoms with Crippen LogP contribution in [0.3, 0.4) is 0 Å². The van der Waals surface area contributed by atoms with E-state index in [1.165, 1.54) is 0 Å². The third kappa shape index (κ3) is 6.06. The molecule has 0 aliphatic heterocycles. The Kier molecular flexibility index (Phi) is 6.70. The highest BCUT2D eigenvalue weighted by Gasteiger charge is 2.25. The van der Waals surface area contributed by atoms with Crippen LogP contribution in [0.1, 0.15) is 33.1 Å². The second-order valence-corrected chi connectivity index (χ2v) is 3.49. The molecule has 0 aliphatic carbocycles. The molecule has 88 valence electrons. The van der Waals surface area contributed by atoms with E-state index in [9.17, 15) is 9.59 Å². The molecule has 0 aliphatic rings. The first-order valence-electron chi connectivity index (χ1n) is 5.06. The average molecular weight is 218 g/mol. The number of carboxylic acids is 2. The Labute approximate surface area is 89.0 Å². The topological polar surface area (TPSA) is 83.8 Å². The van der Waals surface area contributed by atoms with Gasteiger partial charge in [-0.3, -0.25) is 9.59 Å². The van der Waals surface area contributed by atoms with Crippen LogP contribution in [-0.2, 0) is 14.3 Å². The van der Waals surface area contributed by atoms with Crippen molar-refractivity contribution >= 4 is 11.9 Å². The van der Waals surface area contributed by atoms with E-state index in [4.69, 9.17) is 14.9 Å². The maximum Gasteiger partial charge on any atom is 0.317 e. The van der Waals surface area contributed by atoms with Crippen molar-refractivity contribution in [2.45, 2.75) is 39.2 Å². The molecule has 1 atom stereocenters. The van der Waals surface area contributed by atoms with Crippen LogP contribution in [0.2, 0.25) is 0 Å². The highest BCUT2D eigenvalue weighted by molar-refractivity contribution is 5.92. The van der Waals surface area contributed by atoms with Crippen LogP contribution in [0.4, 0.5) is 0 Å². The van der Waals surface area contributed by atoms with Crippen molar-refractivity contribution < 1.29 is 24.5 Å². The highest BCUT2D eigenvalue weighted by Crippen LogP contribution is 2.11. The van der Waals surface area contributed by atoms with Gasteiger partial charge in [-0.25, -0.2) is 0 Å². The smallest absolute Gasteiger partial charge is 0.317 e. The Morgan fingerprint density at radius 2 is 1.73 bits per heavy atom. The number of carboxylic acid groups (broad SMARTS) is 2. The number of carbonyl (C=O) groups is 2. The standard InChI is InChI=1S/C10H18O5/c1-3-6-15-7(2)4-5-8(9(11)12)10(13)14/h7-8H,3-6H2,1-2H3,(H,11,12)(H,13,14). The lowest BCUT2D eigenvalue weighted by atomic mass is 10.0. The van der Waals surface area contributed by atoms with E-state index in [1.54, 1.807) is 0 Å². The fraction of sp³-hybridized carbons (Fsp3) is 0.800. The number of rotatable bonds is 8. The summed E-state index contributed by atoms with van der Waals surface area (Å²) < 4.78 is 5.32. The molecule has 0 rings (SSSR count). The minimum atomic E-state index is -1.32. The van der Waals surface area contributed by atoms with Gasteiger partial charge in [0.15, 0.2) is 5.92 Å². The van der Waals surface area contributed by atoms with Gasteiger partial charge in [0, 0.05) is 6.61 Å². The maximum absolute atomic E-state index is 10.5. The predicted molar refractivity (Wildman–Crippen MR) is 53.7 cm³/mol. The van der Waals surface area contributed by atoms with Gasteiger partial charge in [-0.05, 0) is 26.2 Å². The van der Waals surface area contributed by atoms with Gasteiger partial charge in [-0.15, -0.1) is 0 Å². The van der Waals surface area contributed by atoms with Crippen molar-refractivity contribution in [3.05, 3.63) is 0 Å². The number of ether oxygens (including phenoxy) is 1. The van der Waals surface area contributed by atoms with Crippen molar-refractivity contribution in [3.8, 4) is 0 Å². The lowest BCUT2D eigenvalue weighted by molar-refractivity contribution is -0.155. The van der Waals surface area contributed by atoms with E-state index >= 15 is 0 Å². The third-order valence-electron chi connectivity index (χ3n) is 2.06. The van der Waals surface area contributed by atoms with Crippen molar-refractivity contribution in [2.24, 2.45) is 5.92 Å². The fourth-order valence-electron chi connectivity index (χ4n) is 1.16. The molecule has 0 amide bonds. The zero-order valence-corrected chi connectivity index (χ0v) is 9.10. The van der Waals surface area contributed by atoms with Gasteiger partial charge in [0.1, 0.15) is 0 Å². The summed E-state index contributed by atoms with van der Waals surface area (Å²) in [7, 11) is 0. The second kappa shape index (κ2) is 7.23. The number of aliphatic carboxylic acids is 2. The van der Waals surface area contributed by atoms with Crippen molar-refractivity contribution in [1.29, 1.82) is 0 Å². The van der Waals surface area contributed by atoms with Gasteiger partial charge in [-0.2, -0.15) is 0 Å². The van der Waals surface area contributed by atoms with E-state index < -0.39 is 17.9 Å². The summed E-state index contributed by atoms with van der Waals surface area (Å²) in [5.74, 6) is -3.90. The summed E-state index contributed by atoms with van der Waals surface area (Å²) in [6.07, 6.45) is 1.36. The molecule has 15 heavy (non-hydrogen) atoms. The zero-order valence-electron chi connectivity index (χ0n) is 9.10. The zero-order chi connectivity index (χ0) is 11.8. The second-order valence-electron chi connectivity index (χ2n) is 3.49. The molecule has 0 fully saturated rings. The summed E-state index contributed by atoms with van der Waals surface area (Å²) >= 11 is 0. The Morgan fingerprint density at radius 1 is 1.20 bits per heavy atom. The van der Waals surface area contributed by atoms with Crippen LogP contribution in [0.5, 0.6) is 0 Å². The Hall–Kier alpha value is -1.10. The molecule has 0 aromatic carbocycles. The van der Waals surface area contributed by atoms with Crippen LogP contribution in [-0.4, -0.2) is 34.9 Å². The van der Waals surface area contributed by atoms with E-state index in [0.29, 0.717) is 13.0 Å². The summed E-state index contributed by atoms with van der Waals surface area (Å²) in [6, 6.07) is 0. The Morgan fingerprint density at radius 3 is 2.13 bits per heavy atom. The molecule has 0 heterocycles.